The van der Waals surface area contributed by atoms with Crippen LogP contribution in [0, 0.1) is 0 Å². The highest BCUT2D eigenvalue weighted by Crippen LogP contribution is 2.42. The molecule has 3 heterocycles. The van der Waals surface area contributed by atoms with Gasteiger partial charge in [-0.05, 0) is 84.2 Å². The zero-order valence-corrected chi connectivity index (χ0v) is 19.1. The molecule has 164 valence electrons. The summed E-state index contributed by atoms with van der Waals surface area (Å²) < 4.78 is 2.07. The fraction of sp³-hybridized carbons (Fsp3) is 0.609. The van der Waals surface area contributed by atoms with E-state index in [1.807, 2.05) is 29.2 Å². The van der Waals surface area contributed by atoms with Crippen molar-refractivity contribution in [1.82, 2.24) is 25.0 Å². The number of hydrogen-bond donors (Lipinski definition) is 1. The Morgan fingerprint density at radius 1 is 1.20 bits per heavy atom. The van der Waals surface area contributed by atoms with Crippen LogP contribution in [0.15, 0.2) is 30.5 Å². The molecule has 0 radical (unpaired) electrons. The van der Waals surface area contributed by atoms with Crippen molar-refractivity contribution in [3.63, 3.8) is 0 Å². The SMILES string of the molecule is CC(C)(C)n1nc(C(=O)N(Cc2ccccn2)C2CCCNCC2)cc1C1CC1.Cl. The van der Waals surface area contributed by atoms with Crippen LogP contribution in [0.2, 0.25) is 0 Å². The Balaban J connectivity index is 0.00000256. The highest BCUT2D eigenvalue weighted by atomic mass is 35.5. The summed E-state index contributed by atoms with van der Waals surface area (Å²) in [7, 11) is 0. The first-order valence-corrected chi connectivity index (χ1v) is 11.0. The molecule has 2 aromatic heterocycles. The van der Waals surface area contributed by atoms with Crippen molar-refractivity contribution in [2.24, 2.45) is 0 Å². The van der Waals surface area contributed by atoms with Crippen LogP contribution in [0.1, 0.15) is 80.7 Å². The first-order chi connectivity index (χ1) is 13.9. The van der Waals surface area contributed by atoms with Crippen LogP contribution in [0.5, 0.6) is 0 Å². The lowest BCUT2D eigenvalue weighted by molar-refractivity contribution is 0.0634. The maximum atomic E-state index is 13.7. The molecular weight excluding hydrogens is 398 g/mol. The van der Waals surface area contributed by atoms with Gasteiger partial charge in [-0.1, -0.05) is 6.07 Å². The lowest BCUT2D eigenvalue weighted by atomic mass is 10.1. The summed E-state index contributed by atoms with van der Waals surface area (Å²) >= 11 is 0. The molecule has 30 heavy (non-hydrogen) atoms. The number of aromatic nitrogens is 3. The van der Waals surface area contributed by atoms with Crippen molar-refractivity contribution >= 4 is 18.3 Å². The van der Waals surface area contributed by atoms with Crippen LogP contribution >= 0.6 is 12.4 Å². The molecule has 0 spiro atoms. The van der Waals surface area contributed by atoms with Gasteiger partial charge in [-0.25, -0.2) is 0 Å². The number of rotatable bonds is 5. The summed E-state index contributed by atoms with van der Waals surface area (Å²) in [6.07, 6.45) is 7.25. The Bertz CT molecular complexity index is 833. The summed E-state index contributed by atoms with van der Waals surface area (Å²) in [6.45, 7) is 8.97. The Kier molecular flexibility index (Phi) is 7.19. The first kappa shape index (κ1) is 22.8. The highest BCUT2D eigenvalue weighted by Gasteiger charge is 2.34. The molecule has 4 rings (SSSR count). The number of hydrogen-bond acceptors (Lipinski definition) is 4. The maximum absolute atomic E-state index is 13.7. The summed E-state index contributed by atoms with van der Waals surface area (Å²) in [5.41, 5.74) is 2.58. The quantitative estimate of drug-likeness (QED) is 0.773. The van der Waals surface area contributed by atoms with Crippen molar-refractivity contribution in [2.75, 3.05) is 13.1 Å². The molecule has 1 aliphatic carbocycles. The topological polar surface area (TPSA) is 63.1 Å². The fourth-order valence-corrected chi connectivity index (χ4v) is 4.20. The van der Waals surface area contributed by atoms with Gasteiger partial charge in [0.2, 0.25) is 0 Å². The van der Waals surface area contributed by atoms with Gasteiger partial charge in [-0.2, -0.15) is 5.10 Å². The van der Waals surface area contributed by atoms with Gasteiger partial charge < -0.3 is 10.2 Å². The molecule has 1 atom stereocenters. The largest absolute Gasteiger partial charge is 0.328 e. The molecule has 1 aliphatic heterocycles. The standard InChI is InChI=1S/C23H33N5O.ClH/c1-23(2,3)28-21(17-9-10-17)15-20(26-28)22(29)27(16-18-7-4-5-13-25-18)19-8-6-12-24-14-11-19;/h4-5,7,13,15,17,19,24H,6,8-12,14,16H2,1-3H3;1H. The molecule has 0 aromatic carbocycles. The van der Waals surface area contributed by atoms with Crippen molar-refractivity contribution in [3.05, 3.63) is 47.5 Å². The third kappa shape index (κ3) is 5.22. The van der Waals surface area contributed by atoms with Crippen LogP contribution in [-0.4, -0.2) is 44.7 Å². The van der Waals surface area contributed by atoms with E-state index < -0.39 is 0 Å². The van der Waals surface area contributed by atoms with E-state index in [9.17, 15) is 4.79 Å². The molecule has 2 aliphatic rings. The molecule has 0 bridgehead atoms. The lowest BCUT2D eigenvalue weighted by Crippen LogP contribution is -2.41. The summed E-state index contributed by atoms with van der Waals surface area (Å²) in [6, 6.07) is 8.16. The van der Waals surface area contributed by atoms with Crippen molar-refractivity contribution in [3.8, 4) is 0 Å². The number of nitrogens with one attached hydrogen (secondary N) is 1. The number of carbonyl (C=O) groups is 1. The summed E-state index contributed by atoms with van der Waals surface area (Å²) in [5.74, 6) is 0.585. The van der Waals surface area contributed by atoms with Gasteiger partial charge in [0.15, 0.2) is 5.69 Å². The van der Waals surface area contributed by atoms with E-state index >= 15 is 0 Å². The van der Waals surface area contributed by atoms with E-state index in [1.54, 1.807) is 6.20 Å². The number of amides is 1. The minimum Gasteiger partial charge on any atom is -0.328 e. The van der Waals surface area contributed by atoms with Crippen LogP contribution in [0.4, 0.5) is 0 Å². The Morgan fingerprint density at radius 2 is 2.00 bits per heavy atom. The predicted octanol–water partition coefficient (Wildman–Crippen LogP) is 4.12. The number of nitrogens with zero attached hydrogens (tertiary/aromatic N) is 4. The molecular formula is C23H34ClN5O. The van der Waals surface area contributed by atoms with E-state index in [0.717, 1.165) is 38.0 Å². The summed E-state index contributed by atoms with van der Waals surface area (Å²) in [4.78, 5) is 20.2. The van der Waals surface area contributed by atoms with E-state index in [2.05, 4.69) is 35.8 Å². The van der Waals surface area contributed by atoms with E-state index in [1.165, 1.54) is 18.5 Å². The van der Waals surface area contributed by atoms with Gasteiger partial charge in [0.05, 0.1) is 17.8 Å². The van der Waals surface area contributed by atoms with E-state index in [0.29, 0.717) is 18.2 Å². The van der Waals surface area contributed by atoms with Gasteiger partial charge in [0, 0.05) is 23.9 Å². The molecule has 6 nitrogen and oxygen atoms in total. The van der Waals surface area contributed by atoms with Gasteiger partial charge in [-0.15, -0.1) is 12.4 Å². The van der Waals surface area contributed by atoms with Crippen LogP contribution < -0.4 is 5.32 Å². The molecule has 1 saturated heterocycles. The normalized spacial score (nSPS) is 19.6. The van der Waals surface area contributed by atoms with E-state index in [4.69, 9.17) is 5.10 Å². The highest BCUT2D eigenvalue weighted by molar-refractivity contribution is 5.92. The lowest BCUT2D eigenvalue weighted by Gasteiger charge is -2.30. The maximum Gasteiger partial charge on any atom is 0.274 e. The molecule has 7 heteroatoms. The summed E-state index contributed by atoms with van der Waals surface area (Å²) in [5, 5.41) is 8.27. The fourth-order valence-electron chi connectivity index (χ4n) is 4.20. The molecule has 2 aromatic rings. The monoisotopic (exact) mass is 431 g/mol. The second-order valence-corrected chi connectivity index (χ2v) is 9.40. The van der Waals surface area contributed by atoms with Gasteiger partial charge in [0.25, 0.3) is 5.91 Å². The van der Waals surface area contributed by atoms with Gasteiger partial charge in [0.1, 0.15) is 0 Å². The minimum atomic E-state index is -0.130. The predicted molar refractivity (Wildman–Crippen MR) is 121 cm³/mol. The van der Waals surface area contributed by atoms with Crippen LogP contribution in [-0.2, 0) is 12.1 Å². The smallest absolute Gasteiger partial charge is 0.274 e. The van der Waals surface area contributed by atoms with Gasteiger partial charge in [-0.3, -0.25) is 14.5 Å². The third-order valence-electron chi connectivity index (χ3n) is 5.89. The second-order valence-electron chi connectivity index (χ2n) is 9.40. The molecule has 2 fully saturated rings. The molecule has 1 N–H and O–H groups in total. The molecule has 1 amide bonds. The Morgan fingerprint density at radius 3 is 2.67 bits per heavy atom. The van der Waals surface area contributed by atoms with Crippen LogP contribution in [0.3, 0.4) is 0 Å². The third-order valence-corrected chi connectivity index (χ3v) is 5.89. The number of halogens is 1. The first-order valence-electron chi connectivity index (χ1n) is 11.0. The Labute approximate surface area is 185 Å². The Hall–Kier alpha value is -1.92. The minimum absolute atomic E-state index is 0. The van der Waals surface area contributed by atoms with Crippen molar-refractivity contribution in [1.29, 1.82) is 0 Å². The van der Waals surface area contributed by atoms with Crippen molar-refractivity contribution in [2.45, 2.75) is 76.9 Å². The van der Waals surface area contributed by atoms with Crippen LogP contribution in [0.25, 0.3) is 0 Å². The average Bonchev–Trinajstić information content (AvgIpc) is 3.49. The van der Waals surface area contributed by atoms with Crippen molar-refractivity contribution < 1.29 is 4.79 Å². The number of carbonyl (C=O) groups excluding carboxylic acids is 1. The van der Waals surface area contributed by atoms with E-state index in [-0.39, 0.29) is 29.9 Å². The zero-order chi connectivity index (χ0) is 20.4. The second kappa shape index (κ2) is 9.48. The average molecular weight is 432 g/mol. The molecule has 1 saturated carbocycles. The number of pyridine rings is 1. The zero-order valence-electron chi connectivity index (χ0n) is 18.3. The molecule has 1 unspecified atom stereocenters. The van der Waals surface area contributed by atoms with Gasteiger partial charge >= 0.3 is 0 Å².